The zero-order valence-corrected chi connectivity index (χ0v) is 27.2. The number of aryl methyl sites for hydroxylation is 1. The maximum atomic E-state index is 12.6. The molecule has 9 heteroatoms. The van der Waals surface area contributed by atoms with Gasteiger partial charge in [-0.3, -0.25) is 24.5 Å². The molecule has 3 aliphatic rings. The number of piperazine rings is 1. The maximum absolute atomic E-state index is 12.6. The molecule has 2 atom stereocenters. The van der Waals surface area contributed by atoms with Crippen molar-refractivity contribution < 1.29 is 14.3 Å². The van der Waals surface area contributed by atoms with Gasteiger partial charge in [0, 0.05) is 61.1 Å². The van der Waals surface area contributed by atoms with Crippen LogP contribution in [0.4, 0.5) is 5.69 Å². The quantitative estimate of drug-likeness (QED) is 0.298. The van der Waals surface area contributed by atoms with E-state index < -0.39 is 0 Å². The van der Waals surface area contributed by atoms with E-state index in [2.05, 4.69) is 81.3 Å². The van der Waals surface area contributed by atoms with Crippen LogP contribution in [-0.4, -0.2) is 64.8 Å². The Morgan fingerprint density at radius 1 is 1.02 bits per heavy atom. The summed E-state index contributed by atoms with van der Waals surface area (Å²) in [6.07, 6.45) is 8.55. The Labute approximate surface area is 263 Å². The average Bonchev–Trinajstić information content (AvgIpc) is 3.35. The first-order valence-electron chi connectivity index (χ1n) is 16.0. The molecular weight excluding hydrogens is 606 g/mol. The summed E-state index contributed by atoms with van der Waals surface area (Å²) in [6.45, 7) is 8.55. The van der Waals surface area contributed by atoms with Crippen LogP contribution in [0, 0.1) is 12.8 Å². The molecule has 1 unspecified atom stereocenters. The number of anilines is 1. The van der Waals surface area contributed by atoms with Gasteiger partial charge in [0.1, 0.15) is 5.75 Å². The summed E-state index contributed by atoms with van der Waals surface area (Å²) in [7, 11) is 1.96. The molecule has 1 saturated carbocycles. The fourth-order valence-corrected chi connectivity index (χ4v) is 7.65. The minimum atomic E-state index is -0.382. The molecule has 3 fully saturated rings. The van der Waals surface area contributed by atoms with E-state index in [0.29, 0.717) is 25.0 Å². The van der Waals surface area contributed by atoms with E-state index in [1.165, 1.54) is 36.9 Å². The Bertz CT molecular complexity index is 1470. The van der Waals surface area contributed by atoms with Gasteiger partial charge in [0.25, 0.3) is 0 Å². The number of benzene rings is 2. The molecule has 3 aromatic rings. The van der Waals surface area contributed by atoms with Crippen LogP contribution in [0.3, 0.4) is 0 Å². The number of carbonyl (C=O) groups is 2. The number of carbonyl (C=O) groups excluding carboxylic acids is 2. The SMILES string of the molecule is Cc1c(Br)cccc1OC1CCC(CC[C@@H](C)N2CCN(c3cccc4c(C5CCC(=O)NC5=O)nn(C)c34)CC2)CC1. The number of ether oxygens (including phenoxy) is 1. The lowest BCUT2D eigenvalue weighted by Crippen LogP contribution is -2.49. The molecule has 8 nitrogen and oxygen atoms in total. The number of fused-ring (bicyclic) bond motifs is 1. The summed E-state index contributed by atoms with van der Waals surface area (Å²) in [5.41, 5.74) is 4.21. The summed E-state index contributed by atoms with van der Waals surface area (Å²) >= 11 is 3.62. The van der Waals surface area contributed by atoms with Gasteiger partial charge in [-0.25, -0.2) is 0 Å². The fraction of sp³-hybridized carbons (Fsp3) is 0.559. The van der Waals surface area contributed by atoms with E-state index in [4.69, 9.17) is 9.84 Å². The van der Waals surface area contributed by atoms with Gasteiger partial charge in [0.15, 0.2) is 0 Å². The van der Waals surface area contributed by atoms with Crippen LogP contribution in [0.1, 0.15) is 75.5 Å². The summed E-state index contributed by atoms with van der Waals surface area (Å²) in [6, 6.07) is 13.1. The van der Waals surface area contributed by atoms with Crippen LogP contribution >= 0.6 is 15.9 Å². The van der Waals surface area contributed by atoms with E-state index in [1.54, 1.807) is 0 Å². The molecule has 230 valence electrons. The lowest BCUT2D eigenvalue weighted by molar-refractivity contribution is -0.134. The lowest BCUT2D eigenvalue weighted by atomic mass is 9.83. The predicted octanol–water partition coefficient (Wildman–Crippen LogP) is 6.09. The van der Waals surface area contributed by atoms with Crippen LogP contribution in [0.5, 0.6) is 5.75 Å². The van der Waals surface area contributed by atoms with Gasteiger partial charge in [0.05, 0.1) is 28.9 Å². The molecule has 2 aliphatic heterocycles. The molecule has 3 heterocycles. The first-order valence-corrected chi connectivity index (χ1v) is 16.8. The largest absolute Gasteiger partial charge is 0.490 e. The molecular formula is C34H44BrN5O3. The van der Waals surface area contributed by atoms with Crippen molar-refractivity contribution in [2.75, 3.05) is 31.1 Å². The Hall–Kier alpha value is -2.91. The van der Waals surface area contributed by atoms with Gasteiger partial charge in [-0.2, -0.15) is 5.10 Å². The Balaban J connectivity index is 0.998. The zero-order chi connectivity index (χ0) is 30.1. The second-order valence-corrected chi connectivity index (χ2v) is 13.6. The second kappa shape index (κ2) is 13.0. The van der Waals surface area contributed by atoms with Crippen molar-refractivity contribution in [3.63, 3.8) is 0 Å². The molecule has 2 aromatic carbocycles. The van der Waals surface area contributed by atoms with Crippen molar-refractivity contribution in [2.45, 2.75) is 83.3 Å². The van der Waals surface area contributed by atoms with Gasteiger partial charge in [0.2, 0.25) is 11.8 Å². The molecule has 0 spiro atoms. The summed E-state index contributed by atoms with van der Waals surface area (Å²) < 4.78 is 9.41. The maximum Gasteiger partial charge on any atom is 0.235 e. The standard InChI is InChI=1S/C34H44BrN5O3/c1-22(10-11-24-12-14-25(15-13-24)43-30-9-5-7-28(35)23(30)2)39-18-20-40(21-19-39)29-8-4-6-26-32(37-38(3)33(26)29)27-16-17-31(41)36-34(27)42/h4-9,22,24-25,27H,10-21H2,1-3H3,(H,36,41,42)/t22-,24?,25?,27?/m1/s1. The van der Waals surface area contributed by atoms with E-state index in [0.717, 1.165) is 71.8 Å². The smallest absolute Gasteiger partial charge is 0.235 e. The molecule has 0 radical (unpaired) electrons. The van der Waals surface area contributed by atoms with E-state index >= 15 is 0 Å². The number of piperidine rings is 1. The van der Waals surface area contributed by atoms with Crippen molar-refractivity contribution >= 4 is 44.3 Å². The minimum Gasteiger partial charge on any atom is -0.490 e. The van der Waals surface area contributed by atoms with Gasteiger partial charge in [-0.05, 0) is 82.9 Å². The molecule has 43 heavy (non-hydrogen) atoms. The molecule has 2 saturated heterocycles. The van der Waals surface area contributed by atoms with Crippen molar-refractivity contribution in [1.29, 1.82) is 0 Å². The Kier molecular flexibility index (Phi) is 9.10. The molecule has 6 rings (SSSR count). The van der Waals surface area contributed by atoms with Crippen molar-refractivity contribution in [1.82, 2.24) is 20.0 Å². The summed E-state index contributed by atoms with van der Waals surface area (Å²) in [5.74, 6) is 1.00. The van der Waals surface area contributed by atoms with Crippen LogP contribution in [0.15, 0.2) is 40.9 Å². The number of aromatic nitrogens is 2. The van der Waals surface area contributed by atoms with Crippen LogP contribution < -0.4 is 15.0 Å². The van der Waals surface area contributed by atoms with Crippen molar-refractivity contribution in [3.05, 3.63) is 52.1 Å². The monoisotopic (exact) mass is 649 g/mol. The molecule has 2 amide bonds. The topological polar surface area (TPSA) is 79.7 Å². The number of imide groups is 1. The van der Waals surface area contributed by atoms with Crippen LogP contribution in [0.25, 0.3) is 10.9 Å². The van der Waals surface area contributed by atoms with Crippen molar-refractivity contribution in [3.8, 4) is 5.75 Å². The third-order valence-electron chi connectivity index (χ3n) is 10.0. The number of halogens is 1. The fourth-order valence-electron chi connectivity index (χ4n) is 7.31. The Morgan fingerprint density at radius 2 is 1.77 bits per heavy atom. The first kappa shape index (κ1) is 30.1. The number of nitrogens with zero attached hydrogens (tertiary/aromatic N) is 4. The van der Waals surface area contributed by atoms with Gasteiger partial charge in [-0.15, -0.1) is 0 Å². The number of amides is 2. The third-order valence-corrected chi connectivity index (χ3v) is 10.9. The Morgan fingerprint density at radius 3 is 2.51 bits per heavy atom. The third kappa shape index (κ3) is 6.48. The molecule has 1 aliphatic carbocycles. The molecule has 1 N–H and O–H groups in total. The number of nitrogens with one attached hydrogen (secondary N) is 1. The summed E-state index contributed by atoms with van der Waals surface area (Å²) in [4.78, 5) is 29.4. The minimum absolute atomic E-state index is 0.196. The van der Waals surface area contributed by atoms with E-state index in [1.807, 2.05) is 11.7 Å². The summed E-state index contributed by atoms with van der Waals surface area (Å²) in [5, 5.41) is 8.29. The first-order chi connectivity index (χ1) is 20.8. The van der Waals surface area contributed by atoms with Crippen LogP contribution in [0.2, 0.25) is 0 Å². The normalized spacial score (nSPS) is 24.3. The highest BCUT2D eigenvalue weighted by Crippen LogP contribution is 2.36. The van der Waals surface area contributed by atoms with E-state index in [9.17, 15) is 9.59 Å². The molecule has 0 bridgehead atoms. The average molecular weight is 651 g/mol. The number of hydrogen-bond acceptors (Lipinski definition) is 6. The van der Waals surface area contributed by atoms with Crippen LogP contribution in [-0.2, 0) is 16.6 Å². The predicted molar refractivity (Wildman–Crippen MR) is 174 cm³/mol. The number of para-hydroxylation sites is 1. The lowest BCUT2D eigenvalue weighted by Gasteiger charge is -2.40. The van der Waals surface area contributed by atoms with E-state index in [-0.39, 0.29) is 17.7 Å². The highest BCUT2D eigenvalue weighted by molar-refractivity contribution is 9.10. The van der Waals surface area contributed by atoms with Gasteiger partial charge in [-0.1, -0.05) is 34.1 Å². The number of hydrogen-bond donors (Lipinski definition) is 1. The highest BCUT2D eigenvalue weighted by atomic mass is 79.9. The second-order valence-electron chi connectivity index (χ2n) is 12.8. The number of rotatable bonds is 8. The van der Waals surface area contributed by atoms with Crippen molar-refractivity contribution in [2.24, 2.45) is 13.0 Å². The molecule has 1 aromatic heterocycles. The zero-order valence-electron chi connectivity index (χ0n) is 25.7. The highest BCUT2D eigenvalue weighted by Gasteiger charge is 2.33. The van der Waals surface area contributed by atoms with Gasteiger partial charge < -0.3 is 9.64 Å². The van der Waals surface area contributed by atoms with Gasteiger partial charge >= 0.3 is 0 Å².